The van der Waals surface area contributed by atoms with Crippen molar-refractivity contribution in [1.82, 2.24) is 10.2 Å². The highest BCUT2D eigenvalue weighted by molar-refractivity contribution is 5.93. The van der Waals surface area contributed by atoms with Gasteiger partial charge in [0.05, 0.1) is 0 Å². The second kappa shape index (κ2) is 13.1. The molecule has 1 N–H and O–H groups in total. The summed E-state index contributed by atoms with van der Waals surface area (Å²) in [7, 11) is 0. The molecular formula is C20H32N2O4. The molecule has 0 unspecified atom stereocenters. The zero-order valence-corrected chi connectivity index (χ0v) is 16.1. The number of ether oxygens (including phenoxy) is 1. The van der Waals surface area contributed by atoms with Gasteiger partial charge in [-0.25, -0.2) is 4.79 Å². The lowest BCUT2D eigenvalue weighted by molar-refractivity contribution is -0.142. The van der Waals surface area contributed by atoms with Crippen LogP contribution >= 0.6 is 0 Å². The van der Waals surface area contributed by atoms with Gasteiger partial charge in [0.25, 0.3) is 0 Å². The molecule has 6 heteroatoms. The Morgan fingerprint density at radius 1 is 1.15 bits per heavy atom. The van der Waals surface area contributed by atoms with Gasteiger partial charge in [-0.15, -0.1) is 0 Å². The number of carbonyl (C=O) groups is 3. The number of imide groups is 1. The third-order valence-corrected chi connectivity index (χ3v) is 4.13. The van der Waals surface area contributed by atoms with Crippen LogP contribution in [0, 0.1) is 0 Å². The SMILES string of the molecule is CCCN(C(C)=O)C(=O)NCCCCCCC(=O)OCC1=CCCC=C1. The maximum Gasteiger partial charge on any atom is 0.324 e. The smallest absolute Gasteiger partial charge is 0.324 e. The first-order valence-corrected chi connectivity index (χ1v) is 9.61. The highest BCUT2D eigenvalue weighted by atomic mass is 16.5. The van der Waals surface area contributed by atoms with E-state index in [0.717, 1.165) is 50.5 Å². The maximum absolute atomic E-state index is 11.9. The van der Waals surface area contributed by atoms with E-state index in [0.29, 0.717) is 26.1 Å². The number of nitrogens with one attached hydrogen (secondary N) is 1. The maximum atomic E-state index is 11.9. The normalized spacial score (nSPS) is 13.1. The molecule has 26 heavy (non-hydrogen) atoms. The number of carbonyl (C=O) groups excluding carboxylic acids is 3. The van der Waals surface area contributed by atoms with E-state index in [1.54, 1.807) is 0 Å². The number of hydrogen-bond donors (Lipinski definition) is 1. The summed E-state index contributed by atoms with van der Waals surface area (Å²) in [5.74, 6) is -0.391. The summed E-state index contributed by atoms with van der Waals surface area (Å²) in [5.41, 5.74) is 1.07. The van der Waals surface area contributed by atoms with Gasteiger partial charge in [-0.05, 0) is 37.7 Å². The Balaban J connectivity index is 2.02. The summed E-state index contributed by atoms with van der Waals surface area (Å²) in [6.07, 6.45) is 12.9. The van der Waals surface area contributed by atoms with Crippen molar-refractivity contribution in [2.45, 2.75) is 65.2 Å². The van der Waals surface area contributed by atoms with Crippen LogP contribution in [-0.2, 0) is 14.3 Å². The molecule has 0 saturated carbocycles. The lowest BCUT2D eigenvalue weighted by Gasteiger charge is -2.18. The summed E-state index contributed by atoms with van der Waals surface area (Å²) in [6.45, 7) is 4.67. The molecule has 1 aliphatic rings. The monoisotopic (exact) mass is 364 g/mol. The molecule has 1 aliphatic carbocycles. The van der Waals surface area contributed by atoms with E-state index in [4.69, 9.17) is 4.74 Å². The topological polar surface area (TPSA) is 75.7 Å². The second-order valence-corrected chi connectivity index (χ2v) is 6.49. The lowest BCUT2D eigenvalue weighted by atomic mass is 10.1. The molecule has 0 heterocycles. The Morgan fingerprint density at radius 3 is 2.58 bits per heavy atom. The minimum absolute atomic E-state index is 0.158. The molecule has 0 aromatic carbocycles. The van der Waals surface area contributed by atoms with Crippen LogP contribution in [0.1, 0.15) is 65.2 Å². The molecule has 0 aromatic heterocycles. The van der Waals surface area contributed by atoms with E-state index >= 15 is 0 Å². The van der Waals surface area contributed by atoms with Gasteiger partial charge in [0.1, 0.15) is 6.61 Å². The first-order valence-electron chi connectivity index (χ1n) is 9.61. The molecule has 0 spiro atoms. The molecule has 6 nitrogen and oxygen atoms in total. The Kier molecular flexibility index (Phi) is 11.1. The van der Waals surface area contributed by atoms with E-state index in [2.05, 4.69) is 17.5 Å². The Hall–Kier alpha value is -2.11. The molecule has 0 saturated heterocycles. The molecule has 1 rings (SSSR count). The molecule has 0 aliphatic heterocycles. The van der Waals surface area contributed by atoms with Crippen molar-refractivity contribution in [3.8, 4) is 0 Å². The third kappa shape index (κ3) is 9.39. The fourth-order valence-electron chi connectivity index (χ4n) is 2.67. The van der Waals surface area contributed by atoms with Crippen LogP contribution in [0.2, 0.25) is 0 Å². The number of hydrogen-bond acceptors (Lipinski definition) is 4. The van der Waals surface area contributed by atoms with Gasteiger partial charge in [0, 0.05) is 26.4 Å². The van der Waals surface area contributed by atoms with Crippen LogP contribution in [0.15, 0.2) is 23.8 Å². The molecule has 0 fully saturated rings. The number of nitrogens with zero attached hydrogens (tertiary/aromatic N) is 1. The summed E-state index contributed by atoms with van der Waals surface area (Å²) in [4.78, 5) is 36.2. The standard InChI is InChI=1S/C20H32N2O4/c1-3-15-22(17(2)23)20(25)21-14-10-5-4-9-13-19(24)26-16-18-11-7-6-8-12-18/h7,11-12H,3-6,8-10,13-16H2,1-2H3,(H,21,25). The Bertz CT molecular complexity index is 526. The van der Waals surface area contributed by atoms with Crippen LogP contribution in [0.5, 0.6) is 0 Å². The van der Waals surface area contributed by atoms with Crippen molar-refractivity contribution in [2.75, 3.05) is 19.7 Å². The molecule has 0 aromatic rings. The van der Waals surface area contributed by atoms with Gasteiger partial charge in [-0.1, -0.05) is 38.0 Å². The van der Waals surface area contributed by atoms with E-state index in [1.165, 1.54) is 11.8 Å². The van der Waals surface area contributed by atoms with Crippen molar-refractivity contribution < 1.29 is 19.1 Å². The van der Waals surface area contributed by atoms with Crippen LogP contribution in [-0.4, -0.2) is 42.5 Å². The van der Waals surface area contributed by atoms with Crippen LogP contribution in [0.25, 0.3) is 0 Å². The van der Waals surface area contributed by atoms with Gasteiger partial charge in [0.15, 0.2) is 0 Å². The zero-order chi connectivity index (χ0) is 19.2. The minimum atomic E-state index is -0.325. The fraction of sp³-hybridized carbons (Fsp3) is 0.650. The van der Waals surface area contributed by atoms with Gasteiger partial charge in [0.2, 0.25) is 5.91 Å². The van der Waals surface area contributed by atoms with E-state index in [9.17, 15) is 14.4 Å². The van der Waals surface area contributed by atoms with Gasteiger partial charge >= 0.3 is 12.0 Å². The predicted octanol–water partition coefficient (Wildman–Crippen LogP) is 3.72. The Labute approximate surface area is 156 Å². The lowest BCUT2D eigenvalue weighted by Crippen LogP contribution is -2.43. The summed E-state index contributed by atoms with van der Waals surface area (Å²) >= 11 is 0. The summed E-state index contributed by atoms with van der Waals surface area (Å²) < 4.78 is 5.26. The largest absolute Gasteiger partial charge is 0.461 e. The first-order chi connectivity index (χ1) is 12.5. The number of urea groups is 1. The highest BCUT2D eigenvalue weighted by Crippen LogP contribution is 2.11. The van der Waals surface area contributed by atoms with Crippen molar-refractivity contribution in [3.63, 3.8) is 0 Å². The summed E-state index contributed by atoms with van der Waals surface area (Å²) in [6, 6.07) is -0.325. The number of rotatable bonds is 11. The van der Waals surface area contributed by atoms with Crippen LogP contribution in [0.3, 0.4) is 0 Å². The Morgan fingerprint density at radius 2 is 1.92 bits per heavy atom. The minimum Gasteiger partial charge on any atom is -0.461 e. The number of unbranched alkanes of at least 4 members (excludes halogenated alkanes) is 3. The molecule has 146 valence electrons. The molecule has 0 bridgehead atoms. The number of amides is 3. The number of esters is 1. The van der Waals surface area contributed by atoms with Gasteiger partial charge in [-0.3, -0.25) is 14.5 Å². The molecule has 0 atom stereocenters. The average Bonchev–Trinajstić information content (AvgIpc) is 2.64. The highest BCUT2D eigenvalue weighted by Gasteiger charge is 2.15. The van der Waals surface area contributed by atoms with E-state index < -0.39 is 0 Å². The van der Waals surface area contributed by atoms with Crippen molar-refractivity contribution in [3.05, 3.63) is 23.8 Å². The molecular weight excluding hydrogens is 332 g/mol. The van der Waals surface area contributed by atoms with Crippen molar-refractivity contribution in [2.24, 2.45) is 0 Å². The zero-order valence-electron chi connectivity index (χ0n) is 16.1. The summed E-state index contributed by atoms with van der Waals surface area (Å²) in [5, 5.41) is 2.77. The predicted molar refractivity (Wildman–Crippen MR) is 102 cm³/mol. The van der Waals surface area contributed by atoms with Crippen LogP contribution in [0.4, 0.5) is 4.79 Å². The number of allylic oxidation sites excluding steroid dienone is 2. The van der Waals surface area contributed by atoms with Crippen LogP contribution < -0.4 is 5.32 Å². The van der Waals surface area contributed by atoms with Crippen molar-refractivity contribution in [1.29, 1.82) is 0 Å². The quantitative estimate of drug-likeness (QED) is 0.448. The molecule has 0 radical (unpaired) electrons. The van der Waals surface area contributed by atoms with E-state index in [1.807, 2.05) is 13.0 Å². The van der Waals surface area contributed by atoms with Gasteiger partial charge in [-0.2, -0.15) is 0 Å². The second-order valence-electron chi connectivity index (χ2n) is 6.49. The molecule has 3 amide bonds. The van der Waals surface area contributed by atoms with Crippen molar-refractivity contribution >= 4 is 17.9 Å². The average molecular weight is 364 g/mol. The fourth-order valence-corrected chi connectivity index (χ4v) is 2.67. The van der Waals surface area contributed by atoms with E-state index in [-0.39, 0.29) is 17.9 Å². The first kappa shape index (κ1) is 21.9. The van der Waals surface area contributed by atoms with Gasteiger partial charge < -0.3 is 10.1 Å². The third-order valence-electron chi connectivity index (χ3n) is 4.13.